The van der Waals surface area contributed by atoms with Gasteiger partial charge in [-0.05, 0) is 57.5 Å². The van der Waals surface area contributed by atoms with Crippen LogP contribution in [0, 0.1) is 6.92 Å². The lowest BCUT2D eigenvalue weighted by molar-refractivity contribution is -0.139. The molecule has 2 aliphatic rings. The minimum Gasteiger partial charge on any atom is -0.463 e. The zero-order chi connectivity index (χ0) is 27.4. The Bertz CT molecular complexity index is 1230. The number of hydrogen-bond donors (Lipinski definition) is 1. The molecule has 38 heavy (non-hydrogen) atoms. The van der Waals surface area contributed by atoms with Crippen molar-refractivity contribution in [1.82, 2.24) is 20.0 Å². The van der Waals surface area contributed by atoms with E-state index in [0.717, 1.165) is 11.1 Å². The molecule has 3 amide bonds. The second-order valence-corrected chi connectivity index (χ2v) is 10.1. The van der Waals surface area contributed by atoms with Crippen LogP contribution in [0.3, 0.4) is 0 Å². The van der Waals surface area contributed by atoms with Gasteiger partial charge in [0.15, 0.2) is 0 Å². The molecule has 2 heterocycles. The number of aryl methyl sites for hydroxylation is 1. The van der Waals surface area contributed by atoms with Crippen LogP contribution in [-0.4, -0.2) is 78.0 Å². The molecule has 1 saturated heterocycles. The van der Waals surface area contributed by atoms with E-state index in [1.54, 1.807) is 36.1 Å². The van der Waals surface area contributed by atoms with E-state index in [9.17, 15) is 14.4 Å². The number of amides is 3. The first-order chi connectivity index (χ1) is 18.2. The van der Waals surface area contributed by atoms with Crippen molar-refractivity contribution in [2.24, 2.45) is 0 Å². The van der Waals surface area contributed by atoms with Crippen LogP contribution in [-0.2, 0) is 9.53 Å². The van der Waals surface area contributed by atoms with Gasteiger partial charge in [0.05, 0.1) is 18.2 Å². The Kier molecular flexibility index (Phi) is 8.74. The number of ether oxygens (including phenoxy) is 1. The number of nitrogens with one attached hydrogen (secondary N) is 1. The van der Waals surface area contributed by atoms with Crippen LogP contribution in [0.1, 0.15) is 48.3 Å². The zero-order valence-corrected chi connectivity index (χ0v) is 23.1. The standard InChI is InChI=1S/C29H35ClN4O4/c1-5-33-24(18-32-14-15-34(20(4)17-32)27(35)21-10-12-23(30)13-11-21)25(28(36)38-6-2)26(31-29(33)37)22-9-7-8-19(3)16-22/h7-13,16,20,26H,5-6,14-15,17-18H2,1-4H3,(H,31,37)/t20-,26+/m1/s1. The fraction of sp³-hybridized carbons (Fsp3) is 0.414. The van der Waals surface area contributed by atoms with Gasteiger partial charge in [-0.2, -0.15) is 0 Å². The van der Waals surface area contributed by atoms with Crippen LogP contribution in [0.5, 0.6) is 0 Å². The number of piperazine rings is 1. The van der Waals surface area contributed by atoms with Crippen LogP contribution in [0.4, 0.5) is 4.79 Å². The van der Waals surface area contributed by atoms with E-state index in [1.807, 2.05) is 49.9 Å². The topological polar surface area (TPSA) is 82.2 Å². The molecule has 0 unspecified atom stereocenters. The molecule has 0 bridgehead atoms. The molecule has 202 valence electrons. The summed E-state index contributed by atoms with van der Waals surface area (Å²) in [6.45, 7) is 10.4. The minimum absolute atomic E-state index is 0.0352. The van der Waals surface area contributed by atoms with Gasteiger partial charge in [-0.3, -0.25) is 14.6 Å². The summed E-state index contributed by atoms with van der Waals surface area (Å²) in [5.74, 6) is -0.468. The number of urea groups is 1. The van der Waals surface area contributed by atoms with Crippen LogP contribution < -0.4 is 5.32 Å². The van der Waals surface area contributed by atoms with Crippen LogP contribution in [0.15, 0.2) is 59.8 Å². The summed E-state index contributed by atoms with van der Waals surface area (Å²) < 4.78 is 5.48. The molecule has 2 aromatic rings. The summed E-state index contributed by atoms with van der Waals surface area (Å²) in [5, 5.41) is 3.61. The van der Waals surface area contributed by atoms with Gasteiger partial charge in [0.2, 0.25) is 0 Å². The number of hydrogen-bond acceptors (Lipinski definition) is 5. The highest BCUT2D eigenvalue weighted by atomic mass is 35.5. The van der Waals surface area contributed by atoms with Gasteiger partial charge in [0.1, 0.15) is 0 Å². The van der Waals surface area contributed by atoms with Gasteiger partial charge in [-0.1, -0.05) is 41.4 Å². The molecule has 0 spiro atoms. The van der Waals surface area contributed by atoms with Gasteiger partial charge in [-0.25, -0.2) is 9.59 Å². The molecule has 8 nitrogen and oxygen atoms in total. The molecule has 2 aromatic carbocycles. The highest BCUT2D eigenvalue weighted by Gasteiger charge is 2.39. The van der Waals surface area contributed by atoms with E-state index in [0.29, 0.717) is 54.6 Å². The first-order valence-electron chi connectivity index (χ1n) is 13.1. The largest absolute Gasteiger partial charge is 0.463 e. The third-order valence-corrected chi connectivity index (χ3v) is 7.31. The summed E-state index contributed by atoms with van der Waals surface area (Å²) >= 11 is 5.99. The molecule has 0 saturated carbocycles. The Balaban J connectivity index is 1.62. The number of nitrogens with zero attached hydrogens (tertiary/aromatic N) is 3. The Morgan fingerprint density at radius 2 is 1.84 bits per heavy atom. The SMILES string of the molecule is CCOC(=O)C1=C(CN2CCN(C(=O)c3ccc(Cl)cc3)[C@H](C)C2)N(CC)C(=O)N[C@H]1c1cccc(C)c1. The highest BCUT2D eigenvalue weighted by Crippen LogP contribution is 2.33. The van der Waals surface area contributed by atoms with Crippen molar-refractivity contribution in [3.05, 3.63) is 81.5 Å². The number of likely N-dealkylation sites (N-methyl/N-ethyl adjacent to an activating group) is 1. The van der Waals surface area contributed by atoms with Gasteiger partial charge >= 0.3 is 12.0 Å². The molecule has 0 aliphatic carbocycles. The second kappa shape index (κ2) is 12.0. The van der Waals surface area contributed by atoms with E-state index in [1.165, 1.54) is 0 Å². The second-order valence-electron chi connectivity index (χ2n) is 9.71. The van der Waals surface area contributed by atoms with Gasteiger partial charge < -0.3 is 15.0 Å². The quantitative estimate of drug-likeness (QED) is 0.528. The Labute approximate surface area is 229 Å². The smallest absolute Gasteiger partial charge is 0.338 e. The third kappa shape index (κ3) is 5.87. The first kappa shape index (κ1) is 27.7. The molecule has 1 N–H and O–H groups in total. The minimum atomic E-state index is -0.607. The number of halogens is 1. The fourth-order valence-corrected chi connectivity index (χ4v) is 5.33. The summed E-state index contributed by atoms with van der Waals surface area (Å²) in [4.78, 5) is 45.3. The molecule has 1 fully saturated rings. The normalized spacial score (nSPS) is 20.4. The lowest BCUT2D eigenvalue weighted by atomic mass is 9.93. The molecule has 2 aliphatic heterocycles. The summed E-state index contributed by atoms with van der Waals surface area (Å²) in [6, 6.07) is 13.8. The maximum atomic E-state index is 13.3. The van der Waals surface area contributed by atoms with Gasteiger partial charge in [0, 0.05) is 55.0 Å². The van der Waals surface area contributed by atoms with Crippen molar-refractivity contribution in [1.29, 1.82) is 0 Å². The average Bonchev–Trinajstić information content (AvgIpc) is 2.89. The number of esters is 1. The predicted molar refractivity (Wildman–Crippen MR) is 147 cm³/mol. The molecule has 4 rings (SSSR count). The predicted octanol–water partition coefficient (Wildman–Crippen LogP) is 4.40. The van der Waals surface area contributed by atoms with Gasteiger partial charge in [-0.15, -0.1) is 0 Å². The van der Waals surface area contributed by atoms with Gasteiger partial charge in [0.25, 0.3) is 5.91 Å². The molecule has 0 aromatic heterocycles. The Morgan fingerprint density at radius 1 is 1.11 bits per heavy atom. The van der Waals surface area contributed by atoms with Crippen LogP contribution >= 0.6 is 11.6 Å². The monoisotopic (exact) mass is 538 g/mol. The van der Waals surface area contributed by atoms with Crippen molar-refractivity contribution in [3.63, 3.8) is 0 Å². The van der Waals surface area contributed by atoms with E-state index in [-0.39, 0.29) is 24.6 Å². The van der Waals surface area contributed by atoms with Crippen molar-refractivity contribution in [2.45, 2.75) is 39.8 Å². The van der Waals surface area contributed by atoms with Crippen molar-refractivity contribution < 1.29 is 19.1 Å². The maximum absolute atomic E-state index is 13.3. The number of benzene rings is 2. The zero-order valence-electron chi connectivity index (χ0n) is 22.4. The fourth-order valence-electron chi connectivity index (χ4n) is 5.21. The van der Waals surface area contributed by atoms with E-state index < -0.39 is 12.0 Å². The number of carbonyl (C=O) groups is 3. The average molecular weight is 539 g/mol. The van der Waals surface area contributed by atoms with E-state index in [2.05, 4.69) is 10.2 Å². The highest BCUT2D eigenvalue weighted by molar-refractivity contribution is 6.30. The lowest BCUT2D eigenvalue weighted by Crippen LogP contribution is -2.56. The summed E-state index contributed by atoms with van der Waals surface area (Å²) in [7, 11) is 0. The number of carbonyl (C=O) groups excluding carboxylic acids is 3. The molecule has 9 heteroatoms. The van der Waals surface area contributed by atoms with E-state index in [4.69, 9.17) is 16.3 Å². The van der Waals surface area contributed by atoms with Crippen molar-refractivity contribution in [2.75, 3.05) is 39.3 Å². The van der Waals surface area contributed by atoms with E-state index >= 15 is 0 Å². The van der Waals surface area contributed by atoms with Crippen molar-refractivity contribution >= 4 is 29.5 Å². The number of rotatable bonds is 7. The van der Waals surface area contributed by atoms with Crippen LogP contribution in [0.25, 0.3) is 0 Å². The lowest BCUT2D eigenvalue weighted by Gasteiger charge is -2.43. The maximum Gasteiger partial charge on any atom is 0.338 e. The molecule has 2 atom stereocenters. The van der Waals surface area contributed by atoms with Crippen molar-refractivity contribution in [3.8, 4) is 0 Å². The Morgan fingerprint density at radius 3 is 2.47 bits per heavy atom. The molecular weight excluding hydrogens is 504 g/mol. The summed E-state index contributed by atoms with van der Waals surface area (Å²) in [6.07, 6.45) is 0. The first-order valence-corrected chi connectivity index (χ1v) is 13.4. The Hall–Kier alpha value is -3.36. The third-order valence-electron chi connectivity index (χ3n) is 7.06. The molecular formula is C29H35ClN4O4. The molecule has 0 radical (unpaired) electrons. The van der Waals surface area contributed by atoms with Crippen LogP contribution in [0.2, 0.25) is 5.02 Å². The summed E-state index contributed by atoms with van der Waals surface area (Å²) in [5.41, 5.74) is 3.57.